The zero-order chi connectivity index (χ0) is 24.3. The van der Waals surface area contributed by atoms with Crippen LogP contribution >= 0.6 is 0 Å². The molecule has 2 unspecified atom stereocenters. The fraction of sp³-hybridized carbons (Fsp3) is 0.310. The number of nitrogens with zero attached hydrogens (tertiary/aromatic N) is 2. The van der Waals surface area contributed by atoms with Crippen LogP contribution in [-0.2, 0) is 6.54 Å². The van der Waals surface area contributed by atoms with E-state index in [0.717, 1.165) is 64.3 Å². The standard InChI is InChI=1S/C29H30N4O2/c1-17-7-4-5-10-23(17)24-11-20(28(34)32-16-21-13-22(32)14-30-21)12-26-25(24)15-31-29(35)33(26)27-18(2)8-6-9-19(27)3/h4-12,21-22,30H,13-16H2,1-3H3,(H,31,35). The molecule has 3 aromatic rings. The van der Waals surface area contributed by atoms with Crippen molar-refractivity contribution < 1.29 is 9.59 Å². The quantitative estimate of drug-likeness (QED) is 0.581. The second-order valence-corrected chi connectivity index (χ2v) is 10.0. The van der Waals surface area contributed by atoms with Gasteiger partial charge in [-0.2, -0.15) is 0 Å². The average Bonchev–Trinajstić information content (AvgIpc) is 3.48. The monoisotopic (exact) mass is 466 g/mol. The number of fused-ring (bicyclic) bond motifs is 3. The Kier molecular flexibility index (Phi) is 5.15. The summed E-state index contributed by atoms with van der Waals surface area (Å²) in [4.78, 5) is 30.9. The van der Waals surface area contributed by atoms with E-state index in [1.165, 1.54) is 0 Å². The molecular weight excluding hydrogens is 436 g/mol. The smallest absolute Gasteiger partial charge is 0.326 e. The summed E-state index contributed by atoms with van der Waals surface area (Å²) in [6.07, 6.45) is 1.01. The lowest BCUT2D eigenvalue weighted by Crippen LogP contribution is -2.46. The molecule has 2 fully saturated rings. The minimum Gasteiger partial charge on any atom is -0.333 e. The van der Waals surface area contributed by atoms with Crippen molar-refractivity contribution in [1.29, 1.82) is 0 Å². The number of carbonyl (C=O) groups excluding carboxylic acids is 2. The number of benzene rings is 3. The first-order valence-electron chi connectivity index (χ1n) is 12.3. The van der Waals surface area contributed by atoms with Crippen molar-refractivity contribution in [3.8, 4) is 11.1 Å². The molecule has 178 valence electrons. The Hall–Kier alpha value is -3.64. The van der Waals surface area contributed by atoms with E-state index in [2.05, 4.69) is 29.7 Å². The number of aryl methyl sites for hydroxylation is 3. The molecule has 3 aromatic carbocycles. The second kappa shape index (κ2) is 8.24. The summed E-state index contributed by atoms with van der Waals surface area (Å²) in [5.41, 5.74) is 8.59. The molecule has 3 aliphatic heterocycles. The number of amides is 3. The van der Waals surface area contributed by atoms with Gasteiger partial charge in [-0.15, -0.1) is 0 Å². The van der Waals surface area contributed by atoms with Gasteiger partial charge in [0.15, 0.2) is 0 Å². The Bertz CT molecular complexity index is 1340. The maximum absolute atomic E-state index is 13.8. The topological polar surface area (TPSA) is 64.7 Å². The largest absolute Gasteiger partial charge is 0.333 e. The summed E-state index contributed by atoms with van der Waals surface area (Å²) in [7, 11) is 0. The minimum atomic E-state index is -0.167. The average molecular weight is 467 g/mol. The fourth-order valence-corrected chi connectivity index (χ4v) is 5.99. The van der Waals surface area contributed by atoms with Gasteiger partial charge in [-0.3, -0.25) is 9.69 Å². The van der Waals surface area contributed by atoms with E-state index in [9.17, 15) is 9.59 Å². The van der Waals surface area contributed by atoms with Gasteiger partial charge < -0.3 is 15.5 Å². The molecule has 0 aliphatic carbocycles. The summed E-state index contributed by atoms with van der Waals surface area (Å²) in [5, 5.41) is 6.56. The molecule has 3 heterocycles. The Morgan fingerprint density at radius 1 is 0.943 bits per heavy atom. The van der Waals surface area contributed by atoms with Crippen LogP contribution in [0.15, 0.2) is 54.6 Å². The number of piperazine rings is 1. The predicted molar refractivity (Wildman–Crippen MR) is 138 cm³/mol. The molecule has 3 aliphatic rings. The van der Waals surface area contributed by atoms with Gasteiger partial charge in [0.2, 0.25) is 0 Å². The highest BCUT2D eigenvalue weighted by Crippen LogP contribution is 2.42. The van der Waals surface area contributed by atoms with Gasteiger partial charge in [0.1, 0.15) is 0 Å². The fourth-order valence-electron chi connectivity index (χ4n) is 5.99. The molecule has 3 amide bonds. The van der Waals surface area contributed by atoms with Crippen molar-refractivity contribution in [1.82, 2.24) is 15.5 Å². The van der Waals surface area contributed by atoms with E-state index in [4.69, 9.17) is 0 Å². The number of rotatable bonds is 3. The van der Waals surface area contributed by atoms with Gasteiger partial charge in [-0.05, 0) is 67.1 Å². The van der Waals surface area contributed by atoms with E-state index in [-0.39, 0.29) is 18.0 Å². The molecule has 2 bridgehead atoms. The molecule has 0 radical (unpaired) electrons. The van der Waals surface area contributed by atoms with Gasteiger partial charge in [-0.25, -0.2) is 4.79 Å². The molecule has 2 saturated heterocycles. The number of urea groups is 1. The van der Waals surface area contributed by atoms with E-state index >= 15 is 0 Å². The first-order valence-corrected chi connectivity index (χ1v) is 12.3. The lowest BCUT2D eigenvalue weighted by atomic mass is 9.90. The van der Waals surface area contributed by atoms with Crippen molar-refractivity contribution in [3.63, 3.8) is 0 Å². The predicted octanol–water partition coefficient (Wildman–Crippen LogP) is 4.83. The van der Waals surface area contributed by atoms with E-state index in [1.54, 1.807) is 4.90 Å². The van der Waals surface area contributed by atoms with Gasteiger partial charge in [0, 0.05) is 42.8 Å². The molecule has 0 spiro atoms. The lowest BCUT2D eigenvalue weighted by molar-refractivity contribution is 0.0716. The third kappa shape index (κ3) is 3.51. The first kappa shape index (κ1) is 21.9. The van der Waals surface area contributed by atoms with Crippen molar-refractivity contribution in [2.45, 2.75) is 45.8 Å². The molecule has 0 saturated carbocycles. The van der Waals surface area contributed by atoms with Crippen molar-refractivity contribution >= 4 is 23.3 Å². The van der Waals surface area contributed by atoms with Crippen LogP contribution in [0, 0.1) is 20.8 Å². The Balaban J connectivity index is 1.57. The highest BCUT2D eigenvalue weighted by atomic mass is 16.2. The maximum atomic E-state index is 13.8. The Labute approximate surface area is 205 Å². The number of hydrogen-bond acceptors (Lipinski definition) is 3. The zero-order valence-electron chi connectivity index (χ0n) is 20.4. The SMILES string of the molecule is Cc1ccccc1-c1cc(C(=O)N2CC3CC2CN3)cc2c1CNC(=O)N2c1c(C)cccc1C. The van der Waals surface area contributed by atoms with Gasteiger partial charge in [0.05, 0.1) is 11.4 Å². The number of likely N-dealkylation sites (tertiary alicyclic amines) is 1. The number of hydrogen-bond donors (Lipinski definition) is 2. The summed E-state index contributed by atoms with van der Waals surface area (Å²) >= 11 is 0. The van der Waals surface area contributed by atoms with E-state index < -0.39 is 0 Å². The van der Waals surface area contributed by atoms with Crippen LogP contribution in [-0.4, -0.2) is 42.0 Å². The van der Waals surface area contributed by atoms with Gasteiger partial charge in [-0.1, -0.05) is 42.5 Å². The van der Waals surface area contributed by atoms with Crippen molar-refractivity contribution in [2.75, 3.05) is 18.0 Å². The molecule has 2 N–H and O–H groups in total. The van der Waals surface area contributed by atoms with Crippen LogP contribution in [0.2, 0.25) is 0 Å². The van der Waals surface area contributed by atoms with Crippen molar-refractivity contribution in [2.24, 2.45) is 0 Å². The first-order chi connectivity index (χ1) is 16.9. The van der Waals surface area contributed by atoms with E-state index in [1.807, 2.05) is 61.2 Å². The molecule has 6 rings (SSSR count). The van der Waals surface area contributed by atoms with Crippen LogP contribution in [0.25, 0.3) is 11.1 Å². The Morgan fingerprint density at radius 3 is 2.37 bits per heavy atom. The molecular formula is C29H30N4O2. The highest BCUT2D eigenvalue weighted by molar-refractivity contribution is 6.07. The molecule has 2 atom stereocenters. The number of para-hydroxylation sites is 1. The molecule has 35 heavy (non-hydrogen) atoms. The third-order valence-electron chi connectivity index (χ3n) is 7.75. The van der Waals surface area contributed by atoms with Crippen LogP contribution < -0.4 is 15.5 Å². The summed E-state index contributed by atoms with van der Waals surface area (Å²) in [5.74, 6) is 0.0454. The number of nitrogens with one attached hydrogen (secondary N) is 2. The molecule has 0 aromatic heterocycles. The lowest BCUT2D eigenvalue weighted by Gasteiger charge is -2.34. The van der Waals surface area contributed by atoms with Crippen LogP contribution in [0.1, 0.15) is 39.0 Å². The minimum absolute atomic E-state index is 0.0454. The van der Waals surface area contributed by atoms with E-state index in [0.29, 0.717) is 18.2 Å². The third-order valence-corrected chi connectivity index (χ3v) is 7.75. The number of carbonyl (C=O) groups is 2. The molecule has 6 nitrogen and oxygen atoms in total. The van der Waals surface area contributed by atoms with Crippen LogP contribution in [0.4, 0.5) is 16.2 Å². The summed E-state index contributed by atoms with van der Waals surface area (Å²) in [6, 6.07) is 18.7. The summed E-state index contributed by atoms with van der Waals surface area (Å²) < 4.78 is 0. The number of anilines is 2. The van der Waals surface area contributed by atoms with Crippen LogP contribution in [0.5, 0.6) is 0 Å². The normalized spacial score (nSPS) is 20.7. The Morgan fingerprint density at radius 2 is 1.69 bits per heavy atom. The van der Waals surface area contributed by atoms with Crippen LogP contribution in [0.3, 0.4) is 0 Å². The summed E-state index contributed by atoms with van der Waals surface area (Å²) in [6.45, 7) is 8.15. The second-order valence-electron chi connectivity index (χ2n) is 10.0. The maximum Gasteiger partial charge on any atom is 0.326 e. The van der Waals surface area contributed by atoms with Crippen molar-refractivity contribution in [3.05, 3.63) is 82.4 Å². The molecule has 6 heteroatoms. The van der Waals surface area contributed by atoms with Gasteiger partial charge in [0.25, 0.3) is 5.91 Å². The van der Waals surface area contributed by atoms with Gasteiger partial charge >= 0.3 is 6.03 Å². The highest BCUT2D eigenvalue weighted by Gasteiger charge is 2.41. The zero-order valence-corrected chi connectivity index (χ0v) is 20.4.